The predicted octanol–water partition coefficient (Wildman–Crippen LogP) is 2.32. The van der Waals surface area contributed by atoms with Crippen molar-refractivity contribution in [2.24, 2.45) is 5.92 Å². The van der Waals surface area contributed by atoms with E-state index in [1.54, 1.807) is 0 Å². The van der Waals surface area contributed by atoms with Gasteiger partial charge in [-0.2, -0.15) is 0 Å². The van der Waals surface area contributed by atoms with Crippen molar-refractivity contribution >= 4 is 5.69 Å². The van der Waals surface area contributed by atoms with Gasteiger partial charge in [-0.1, -0.05) is 12.1 Å². The van der Waals surface area contributed by atoms with Crippen LogP contribution >= 0.6 is 0 Å². The Morgan fingerprint density at radius 2 is 2.00 bits per heavy atom. The van der Waals surface area contributed by atoms with E-state index in [9.17, 15) is 0 Å². The summed E-state index contributed by atoms with van der Waals surface area (Å²) in [5.41, 5.74) is 8.71. The molecule has 0 aromatic heterocycles. The SMILES string of the molecule is Nc1cccc(C23CC(C2)C3)c1. The molecule has 0 heterocycles. The quantitative estimate of drug-likeness (QED) is 0.625. The van der Waals surface area contributed by atoms with Crippen LogP contribution in [0.2, 0.25) is 0 Å². The maximum absolute atomic E-state index is 5.75. The molecular formula is C11H13N. The molecule has 1 heteroatoms. The fourth-order valence-electron chi connectivity index (χ4n) is 2.70. The number of benzene rings is 1. The van der Waals surface area contributed by atoms with Crippen LogP contribution in [-0.2, 0) is 5.41 Å². The molecule has 2 bridgehead atoms. The van der Waals surface area contributed by atoms with Crippen LogP contribution in [0.4, 0.5) is 5.69 Å². The van der Waals surface area contributed by atoms with Crippen molar-refractivity contribution in [2.75, 3.05) is 5.73 Å². The normalized spacial score (nSPS) is 36.8. The Morgan fingerprint density at radius 1 is 1.25 bits per heavy atom. The van der Waals surface area contributed by atoms with Crippen LogP contribution in [0.15, 0.2) is 24.3 Å². The Kier molecular flexibility index (Phi) is 1.00. The van der Waals surface area contributed by atoms with E-state index in [2.05, 4.69) is 18.2 Å². The van der Waals surface area contributed by atoms with Crippen LogP contribution in [0.1, 0.15) is 24.8 Å². The van der Waals surface area contributed by atoms with E-state index in [0.717, 1.165) is 11.6 Å². The molecule has 3 aliphatic rings. The van der Waals surface area contributed by atoms with E-state index in [1.165, 1.54) is 24.8 Å². The molecule has 0 spiro atoms. The highest BCUT2D eigenvalue weighted by molar-refractivity contribution is 5.46. The largest absolute Gasteiger partial charge is 0.399 e. The number of nitrogens with two attached hydrogens (primary N) is 1. The van der Waals surface area contributed by atoms with Gasteiger partial charge in [0.05, 0.1) is 0 Å². The summed E-state index contributed by atoms with van der Waals surface area (Å²) < 4.78 is 0. The molecule has 0 amide bonds. The lowest BCUT2D eigenvalue weighted by molar-refractivity contribution is -0.0273. The van der Waals surface area contributed by atoms with Gasteiger partial charge in [-0.15, -0.1) is 0 Å². The summed E-state index contributed by atoms with van der Waals surface area (Å²) in [5, 5.41) is 0. The first kappa shape index (κ1) is 6.53. The standard InChI is InChI=1S/C11H13N/c12-10-3-1-2-9(4-10)11-5-8(6-11)7-11/h1-4,8H,5-7,12H2. The first-order valence-electron chi connectivity index (χ1n) is 4.65. The Hall–Kier alpha value is -0.980. The highest BCUT2D eigenvalue weighted by Crippen LogP contribution is 2.65. The zero-order valence-electron chi connectivity index (χ0n) is 7.09. The maximum Gasteiger partial charge on any atom is 0.0316 e. The van der Waals surface area contributed by atoms with Crippen LogP contribution in [0, 0.1) is 5.92 Å². The minimum Gasteiger partial charge on any atom is -0.399 e. The van der Waals surface area contributed by atoms with Crippen LogP contribution in [0.25, 0.3) is 0 Å². The minimum atomic E-state index is 0.569. The van der Waals surface area contributed by atoms with Gasteiger partial charge in [0.2, 0.25) is 0 Å². The minimum absolute atomic E-state index is 0.569. The number of anilines is 1. The molecule has 4 rings (SSSR count). The lowest BCUT2D eigenvalue weighted by Gasteiger charge is -2.62. The molecule has 0 aliphatic heterocycles. The fraction of sp³-hybridized carbons (Fsp3) is 0.455. The van der Waals surface area contributed by atoms with Gasteiger partial charge in [-0.3, -0.25) is 0 Å². The molecular weight excluding hydrogens is 146 g/mol. The van der Waals surface area contributed by atoms with Crippen molar-refractivity contribution < 1.29 is 0 Å². The smallest absolute Gasteiger partial charge is 0.0316 e. The zero-order valence-corrected chi connectivity index (χ0v) is 7.09. The number of rotatable bonds is 1. The number of nitrogen functional groups attached to an aromatic ring is 1. The number of hydrogen-bond donors (Lipinski definition) is 1. The third-order valence-electron chi connectivity index (χ3n) is 3.54. The van der Waals surface area contributed by atoms with Crippen molar-refractivity contribution in [3.8, 4) is 0 Å². The van der Waals surface area contributed by atoms with Gasteiger partial charge in [0, 0.05) is 5.69 Å². The molecule has 0 unspecified atom stereocenters. The van der Waals surface area contributed by atoms with Crippen molar-refractivity contribution in [1.82, 2.24) is 0 Å². The van der Waals surface area contributed by atoms with Crippen molar-refractivity contribution in [1.29, 1.82) is 0 Å². The molecule has 3 fully saturated rings. The van der Waals surface area contributed by atoms with Crippen LogP contribution in [0.3, 0.4) is 0 Å². The summed E-state index contributed by atoms with van der Waals surface area (Å²) in [4.78, 5) is 0. The molecule has 12 heavy (non-hydrogen) atoms. The van der Waals surface area contributed by atoms with E-state index < -0.39 is 0 Å². The van der Waals surface area contributed by atoms with Gasteiger partial charge in [0.25, 0.3) is 0 Å². The van der Waals surface area contributed by atoms with Crippen LogP contribution in [-0.4, -0.2) is 0 Å². The summed E-state index contributed by atoms with van der Waals surface area (Å²) >= 11 is 0. The van der Waals surface area contributed by atoms with Gasteiger partial charge in [-0.25, -0.2) is 0 Å². The molecule has 1 aromatic carbocycles. The molecule has 0 saturated heterocycles. The van der Waals surface area contributed by atoms with E-state index in [1.807, 2.05) is 6.07 Å². The van der Waals surface area contributed by atoms with Gasteiger partial charge < -0.3 is 5.73 Å². The molecule has 0 radical (unpaired) electrons. The molecule has 3 aliphatic carbocycles. The van der Waals surface area contributed by atoms with Gasteiger partial charge in [-0.05, 0) is 48.3 Å². The molecule has 0 atom stereocenters. The monoisotopic (exact) mass is 159 g/mol. The zero-order chi connectivity index (χ0) is 8.18. The second-order valence-electron chi connectivity index (χ2n) is 4.38. The van der Waals surface area contributed by atoms with Crippen molar-refractivity contribution in [3.05, 3.63) is 29.8 Å². The third-order valence-corrected chi connectivity index (χ3v) is 3.54. The highest BCUT2D eigenvalue weighted by Gasteiger charge is 2.57. The van der Waals surface area contributed by atoms with Crippen LogP contribution in [0.5, 0.6) is 0 Å². The van der Waals surface area contributed by atoms with E-state index in [0.29, 0.717) is 5.41 Å². The molecule has 1 nitrogen and oxygen atoms in total. The van der Waals surface area contributed by atoms with E-state index in [-0.39, 0.29) is 0 Å². The topological polar surface area (TPSA) is 26.0 Å². The average molecular weight is 159 g/mol. The Morgan fingerprint density at radius 3 is 2.50 bits per heavy atom. The third kappa shape index (κ3) is 0.644. The number of hydrogen-bond acceptors (Lipinski definition) is 1. The highest BCUT2D eigenvalue weighted by atomic mass is 14.6. The molecule has 1 aromatic rings. The lowest BCUT2D eigenvalue weighted by atomic mass is 9.42. The van der Waals surface area contributed by atoms with Crippen LogP contribution < -0.4 is 5.73 Å². The summed E-state index contributed by atoms with van der Waals surface area (Å²) in [5.74, 6) is 1.05. The van der Waals surface area contributed by atoms with Gasteiger partial charge in [0.15, 0.2) is 0 Å². The Bertz CT molecular complexity index is 313. The predicted molar refractivity (Wildman–Crippen MR) is 49.9 cm³/mol. The summed E-state index contributed by atoms with van der Waals surface area (Å²) in [7, 11) is 0. The molecule has 62 valence electrons. The van der Waals surface area contributed by atoms with E-state index in [4.69, 9.17) is 5.73 Å². The molecule has 2 N–H and O–H groups in total. The second-order valence-corrected chi connectivity index (χ2v) is 4.38. The maximum atomic E-state index is 5.75. The second kappa shape index (κ2) is 1.85. The van der Waals surface area contributed by atoms with Gasteiger partial charge in [0.1, 0.15) is 0 Å². The average Bonchev–Trinajstić information content (AvgIpc) is 1.79. The first-order chi connectivity index (χ1) is 5.78. The van der Waals surface area contributed by atoms with E-state index >= 15 is 0 Å². The summed E-state index contributed by atoms with van der Waals surface area (Å²) in [6.45, 7) is 0. The first-order valence-corrected chi connectivity index (χ1v) is 4.65. The van der Waals surface area contributed by atoms with Crippen molar-refractivity contribution in [3.63, 3.8) is 0 Å². The summed E-state index contributed by atoms with van der Waals surface area (Å²) in [6, 6.07) is 8.42. The lowest BCUT2D eigenvalue weighted by Crippen LogP contribution is -2.55. The van der Waals surface area contributed by atoms with Crippen molar-refractivity contribution in [2.45, 2.75) is 24.7 Å². The fourth-order valence-corrected chi connectivity index (χ4v) is 2.70. The van der Waals surface area contributed by atoms with Gasteiger partial charge >= 0.3 is 0 Å². The Labute approximate surface area is 72.6 Å². The Balaban J connectivity index is 2.01. The summed E-state index contributed by atoms with van der Waals surface area (Å²) in [6.07, 6.45) is 4.24. The molecule has 3 saturated carbocycles.